The standard InChI is InChI=1S/C58H38N4/c1-5-18-39(19-6-1)51-36-46(37-52(59-51)45-26-17-27-47(34-45)61-53-30-15-13-28-48(53)49-29-14-16-31-54(49)61)43-32-33-44-38-55(40-20-7-2-8-21-40)62-58(50(44)35-43)56(41-22-9-3-10-23-41)57(60-62)42-24-11-4-12-25-42/h1-38H. The molecule has 0 radical (unpaired) electrons. The Morgan fingerprint density at radius 1 is 0.339 bits per heavy atom. The summed E-state index contributed by atoms with van der Waals surface area (Å²) < 4.78 is 4.54. The van der Waals surface area contributed by atoms with E-state index in [1.807, 2.05) is 0 Å². The maximum atomic E-state index is 5.47. The molecule has 0 saturated heterocycles. The van der Waals surface area contributed by atoms with Crippen LogP contribution >= 0.6 is 0 Å². The van der Waals surface area contributed by atoms with Gasteiger partial charge in [0, 0.05) is 49.7 Å². The predicted octanol–water partition coefficient (Wildman–Crippen LogP) is 15.0. The van der Waals surface area contributed by atoms with Crippen LogP contribution in [0.5, 0.6) is 0 Å². The molecule has 0 fully saturated rings. The van der Waals surface area contributed by atoms with Crippen molar-refractivity contribution in [2.45, 2.75) is 0 Å². The van der Waals surface area contributed by atoms with Gasteiger partial charge in [-0.1, -0.05) is 182 Å². The number of benzene rings is 8. The zero-order chi connectivity index (χ0) is 41.0. The van der Waals surface area contributed by atoms with Crippen LogP contribution in [0.4, 0.5) is 0 Å². The van der Waals surface area contributed by atoms with E-state index in [0.29, 0.717) is 0 Å². The predicted molar refractivity (Wildman–Crippen MR) is 257 cm³/mol. The van der Waals surface area contributed by atoms with Crippen molar-refractivity contribution in [3.8, 4) is 73.0 Å². The molecule has 0 N–H and O–H groups in total. The van der Waals surface area contributed by atoms with Gasteiger partial charge in [-0.15, -0.1) is 0 Å². The highest BCUT2D eigenvalue weighted by Gasteiger charge is 2.22. The Morgan fingerprint density at radius 3 is 1.55 bits per heavy atom. The van der Waals surface area contributed by atoms with Gasteiger partial charge in [0.05, 0.1) is 33.6 Å². The first-order valence-electron chi connectivity index (χ1n) is 21.1. The van der Waals surface area contributed by atoms with E-state index in [1.165, 1.54) is 21.8 Å². The number of para-hydroxylation sites is 2. The number of aromatic nitrogens is 4. The van der Waals surface area contributed by atoms with Crippen molar-refractivity contribution < 1.29 is 0 Å². The molecule has 4 nitrogen and oxygen atoms in total. The fraction of sp³-hybridized carbons (Fsp3) is 0. The van der Waals surface area contributed by atoms with E-state index in [2.05, 4.69) is 240 Å². The highest BCUT2D eigenvalue weighted by molar-refractivity contribution is 6.11. The van der Waals surface area contributed by atoms with Crippen molar-refractivity contribution in [1.82, 2.24) is 19.2 Å². The lowest BCUT2D eigenvalue weighted by Gasteiger charge is -2.14. The molecule has 290 valence electrons. The molecular formula is C58H38N4. The van der Waals surface area contributed by atoms with Crippen LogP contribution < -0.4 is 0 Å². The van der Waals surface area contributed by atoms with Crippen LogP contribution in [0.3, 0.4) is 0 Å². The molecule has 4 heteroatoms. The molecule has 0 saturated carbocycles. The van der Waals surface area contributed by atoms with Crippen molar-refractivity contribution in [1.29, 1.82) is 0 Å². The Labute approximate surface area is 359 Å². The Kier molecular flexibility index (Phi) is 8.46. The summed E-state index contributed by atoms with van der Waals surface area (Å²) in [5, 5.41) is 10.2. The monoisotopic (exact) mass is 790 g/mol. The normalized spacial score (nSPS) is 11.5. The Balaban J connectivity index is 1.10. The number of rotatable bonds is 7. The largest absolute Gasteiger partial charge is 0.309 e. The lowest BCUT2D eigenvalue weighted by atomic mass is 9.94. The van der Waals surface area contributed by atoms with Gasteiger partial charge >= 0.3 is 0 Å². The van der Waals surface area contributed by atoms with Crippen molar-refractivity contribution in [2.75, 3.05) is 0 Å². The fourth-order valence-corrected chi connectivity index (χ4v) is 9.21. The van der Waals surface area contributed by atoms with Crippen molar-refractivity contribution in [3.63, 3.8) is 0 Å². The minimum atomic E-state index is 0.911. The molecule has 0 unspecified atom stereocenters. The fourth-order valence-electron chi connectivity index (χ4n) is 9.21. The molecule has 12 rings (SSSR count). The van der Waals surface area contributed by atoms with Crippen molar-refractivity contribution in [3.05, 3.63) is 231 Å². The molecule has 0 aliphatic rings. The molecule has 0 spiro atoms. The van der Waals surface area contributed by atoms with E-state index in [9.17, 15) is 0 Å². The van der Waals surface area contributed by atoms with E-state index in [1.54, 1.807) is 0 Å². The van der Waals surface area contributed by atoms with Gasteiger partial charge in [-0.2, -0.15) is 5.10 Å². The average Bonchev–Trinajstić information content (AvgIpc) is 3.92. The second-order valence-corrected chi connectivity index (χ2v) is 15.8. The molecule has 12 aromatic rings. The summed E-state index contributed by atoms with van der Waals surface area (Å²) in [6.07, 6.45) is 0. The van der Waals surface area contributed by atoms with Gasteiger partial charge in [-0.05, 0) is 70.6 Å². The highest BCUT2D eigenvalue weighted by atomic mass is 15.2. The molecule has 4 aromatic heterocycles. The number of nitrogens with zero attached hydrogens (tertiary/aromatic N) is 4. The number of hydrogen-bond donors (Lipinski definition) is 0. The van der Waals surface area contributed by atoms with Gasteiger partial charge in [0.2, 0.25) is 0 Å². The Bertz CT molecular complexity index is 3550. The molecule has 0 bridgehead atoms. The second-order valence-electron chi connectivity index (χ2n) is 15.8. The summed E-state index contributed by atoms with van der Waals surface area (Å²) in [4.78, 5) is 5.37. The van der Waals surface area contributed by atoms with E-state index in [-0.39, 0.29) is 0 Å². The maximum Gasteiger partial charge on any atom is 0.101 e. The first kappa shape index (κ1) is 35.6. The average molecular weight is 791 g/mol. The van der Waals surface area contributed by atoms with Gasteiger partial charge < -0.3 is 4.57 Å². The van der Waals surface area contributed by atoms with Crippen molar-refractivity contribution >= 4 is 38.1 Å². The zero-order valence-electron chi connectivity index (χ0n) is 33.7. The van der Waals surface area contributed by atoms with Crippen LogP contribution in [0.1, 0.15) is 0 Å². The minimum absolute atomic E-state index is 0.911. The van der Waals surface area contributed by atoms with E-state index in [4.69, 9.17) is 10.1 Å². The summed E-state index contributed by atoms with van der Waals surface area (Å²) in [6, 6.07) is 82.1. The SMILES string of the molecule is c1ccc(-c2cc(-c3ccc4cc(-c5ccccc5)n5nc(-c6ccccc6)c(-c6ccccc6)c5c4c3)cc(-c3cccc(-n4c5ccccc5c5ccccc54)c3)n2)cc1. The molecule has 8 aromatic carbocycles. The smallest absolute Gasteiger partial charge is 0.101 e. The lowest BCUT2D eigenvalue weighted by Crippen LogP contribution is -1.97. The molecule has 0 aliphatic carbocycles. The van der Waals surface area contributed by atoms with Crippen LogP contribution in [0.15, 0.2) is 231 Å². The topological polar surface area (TPSA) is 35.1 Å². The molecular weight excluding hydrogens is 753 g/mol. The van der Waals surface area contributed by atoms with Gasteiger partial charge in [-0.3, -0.25) is 0 Å². The van der Waals surface area contributed by atoms with E-state index in [0.717, 1.165) is 89.3 Å². The Morgan fingerprint density at radius 2 is 0.887 bits per heavy atom. The van der Waals surface area contributed by atoms with Gasteiger partial charge in [0.25, 0.3) is 0 Å². The van der Waals surface area contributed by atoms with E-state index < -0.39 is 0 Å². The summed E-state index contributed by atoms with van der Waals surface area (Å²) >= 11 is 0. The second kappa shape index (κ2) is 14.7. The number of fused-ring (bicyclic) bond motifs is 6. The van der Waals surface area contributed by atoms with Crippen LogP contribution in [0.2, 0.25) is 0 Å². The van der Waals surface area contributed by atoms with Crippen LogP contribution in [0, 0.1) is 0 Å². The first-order valence-corrected chi connectivity index (χ1v) is 21.1. The van der Waals surface area contributed by atoms with Crippen LogP contribution in [-0.2, 0) is 0 Å². The molecule has 4 heterocycles. The first-order chi connectivity index (χ1) is 30.7. The van der Waals surface area contributed by atoms with Crippen LogP contribution in [0.25, 0.3) is 111 Å². The van der Waals surface area contributed by atoms with E-state index >= 15 is 0 Å². The van der Waals surface area contributed by atoms with Crippen molar-refractivity contribution in [2.24, 2.45) is 0 Å². The maximum absolute atomic E-state index is 5.47. The minimum Gasteiger partial charge on any atom is -0.309 e. The zero-order valence-corrected chi connectivity index (χ0v) is 33.7. The molecule has 0 aliphatic heterocycles. The van der Waals surface area contributed by atoms with Gasteiger partial charge in [0.1, 0.15) is 5.69 Å². The summed E-state index contributed by atoms with van der Waals surface area (Å²) in [6.45, 7) is 0. The quantitative estimate of drug-likeness (QED) is 0.161. The third-order valence-corrected chi connectivity index (χ3v) is 12.1. The number of pyridine rings is 2. The third-order valence-electron chi connectivity index (χ3n) is 12.1. The lowest BCUT2D eigenvalue weighted by molar-refractivity contribution is 0.979. The molecule has 0 amide bonds. The van der Waals surface area contributed by atoms with Crippen LogP contribution in [-0.4, -0.2) is 19.2 Å². The Hall–Kier alpha value is -8.34. The molecule has 62 heavy (non-hydrogen) atoms. The number of hydrogen-bond acceptors (Lipinski definition) is 2. The van der Waals surface area contributed by atoms with Gasteiger partial charge in [-0.25, -0.2) is 9.50 Å². The third kappa shape index (κ3) is 6.00. The summed E-state index contributed by atoms with van der Waals surface area (Å²) in [7, 11) is 0. The summed E-state index contributed by atoms with van der Waals surface area (Å²) in [5.74, 6) is 0. The van der Waals surface area contributed by atoms with Gasteiger partial charge in [0.15, 0.2) is 0 Å². The molecule has 0 atom stereocenters. The highest BCUT2D eigenvalue weighted by Crippen LogP contribution is 2.43. The summed E-state index contributed by atoms with van der Waals surface area (Å²) in [5.41, 5.74) is 17.1.